The van der Waals surface area contributed by atoms with Crippen molar-refractivity contribution in [1.82, 2.24) is 0 Å². The molecule has 0 unspecified atom stereocenters. The molecule has 1 N–H and O–H groups in total. The van der Waals surface area contributed by atoms with Crippen molar-refractivity contribution in [3.8, 4) is 0 Å². The lowest BCUT2D eigenvalue weighted by molar-refractivity contribution is -0.384. The average molecular weight is 319 g/mol. The van der Waals surface area contributed by atoms with Gasteiger partial charge < -0.3 is 5.32 Å². The van der Waals surface area contributed by atoms with E-state index >= 15 is 0 Å². The van der Waals surface area contributed by atoms with Crippen molar-refractivity contribution in [3.63, 3.8) is 0 Å². The number of halogens is 1. The quantitative estimate of drug-likeness (QED) is 0.539. The molecule has 3 rings (SSSR count). The first kappa shape index (κ1) is 13.9. The first-order chi connectivity index (χ1) is 10.1. The minimum Gasteiger partial charge on any atom is -0.381 e. The Morgan fingerprint density at radius 1 is 1.19 bits per heavy atom. The highest BCUT2D eigenvalue weighted by Crippen LogP contribution is 2.27. The number of rotatable bonds is 4. The third-order valence-corrected chi connectivity index (χ3v) is 4.37. The second-order valence-electron chi connectivity index (χ2n) is 4.57. The van der Waals surface area contributed by atoms with E-state index in [1.165, 1.54) is 16.2 Å². The van der Waals surface area contributed by atoms with Crippen molar-refractivity contribution in [3.05, 3.63) is 68.5 Å². The van der Waals surface area contributed by atoms with E-state index in [9.17, 15) is 10.1 Å². The van der Waals surface area contributed by atoms with Gasteiger partial charge in [0.25, 0.3) is 5.69 Å². The molecule has 0 aliphatic rings. The number of hydrogen-bond acceptors (Lipinski definition) is 4. The fraction of sp³-hybridized carbons (Fsp3) is 0.0667. The number of nitro groups is 1. The molecule has 0 bridgehead atoms. The Morgan fingerprint density at radius 3 is 2.86 bits per heavy atom. The molecule has 106 valence electrons. The summed E-state index contributed by atoms with van der Waals surface area (Å²) in [5.41, 5.74) is 1.74. The Balaban J connectivity index is 1.77. The van der Waals surface area contributed by atoms with Gasteiger partial charge in [-0.3, -0.25) is 10.1 Å². The molecular weight excluding hydrogens is 308 g/mol. The number of nitro benzene ring substituents is 1. The molecule has 0 aliphatic carbocycles. The number of nitrogens with zero attached hydrogens (tertiary/aromatic N) is 1. The van der Waals surface area contributed by atoms with Gasteiger partial charge in [0.15, 0.2) is 0 Å². The summed E-state index contributed by atoms with van der Waals surface area (Å²) < 4.78 is 1.24. The third-order valence-electron chi connectivity index (χ3n) is 3.16. The van der Waals surface area contributed by atoms with Crippen molar-refractivity contribution in [2.24, 2.45) is 0 Å². The minimum atomic E-state index is -0.469. The predicted molar refractivity (Wildman–Crippen MR) is 87.3 cm³/mol. The standard InChI is InChI=1S/C15H11ClN2O2S/c16-13-3-1-10(7-14(13)18(19)20)9-17-12-2-4-15-11(8-12)5-6-21-15/h1-8,17H,9H2. The van der Waals surface area contributed by atoms with Gasteiger partial charge in [-0.15, -0.1) is 11.3 Å². The van der Waals surface area contributed by atoms with Crippen LogP contribution in [0.25, 0.3) is 10.1 Å². The van der Waals surface area contributed by atoms with Crippen LogP contribution in [0.15, 0.2) is 47.8 Å². The molecular formula is C15H11ClN2O2S. The second kappa shape index (κ2) is 5.71. The van der Waals surface area contributed by atoms with Crippen LogP contribution in [0, 0.1) is 10.1 Å². The van der Waals surface area contributed by atoms with E-state index in [1.54, 1.807) is 23.5 Å². The molecule has 1 aromatic heterocycles. The van der Waals surface area contributed by atoms with Crippen LogP contribution in [0.3, 0.4) is 0 Å². The van der Waals surface area contributed by atoms with Gasteiger partial charge in [0.2, 0.25) is 0 Å². The first-order valence-electron chi connectivity index (χ1n) is 6.27. The zero-order valence-corrected chi connectivity index (χ0v) is 12.4. The summed E-state index contributed by atoms with van der Waals surface area (Å²) >= 11 is 7.50. The van der Waals surface area contributed by atoms with Gasteiger partial charge in [0, 0.05) is 23.0 Å². The summed E-state index contributed by atoms with van der Waals surface area (Å²) in [6.45, 7) is 0.508. The second-order valence-corrected chi connectivity index (χ2v) is 5.92. The van der Waals surface area contributed by atoms with Crippen molar-refractivity contribution >= 4 is 44.4 Å². The fourth-order valence-electron chi connectivity index (χ4n) is 2.09. The summed E-state index contributed by atoms with van der Waals surface area (Å²) in [4.78, 5) is 10.4. The average Bonchev–Trinajstić information content (AvgIpc) is 2.93. The lowest BCUT2D eigenvalue weighted by Crippen LogP contribution is -2.00. The van der Waals surface area contributed by atoms with E-state index in [0.29, 0.717) is 6.54 Å². The lowest BCUT2D eigenvalue weighted by atomic mass is 10.2. The summed E-state index contributed by atoms with van der Waals surface area (Å²) in [5, 5.41) is 17.5. The molecule has 0 saturated carbocycles. The summed E-state index contributed by atoms with van der Waals surface area (Å²) in [7, 11) is 0. The Bertz CT molecular complexity index is 816. The molecule has 2 aromatic carbocycles. The number of fused-ring (bicyclic) bond motifs is 1. The summed E-state index contributed by atoms with van der Waals surface area (Å²) in [5.74, 6) is 0. The van der Waals surface area contributed by atoms with Crippen LogP contribution in [0.2, 0.25) is 5.02 Å². The van der Waals surface area contributed by atoms with Crippen molar-refractivity contribution < 1.29 is 4.92 Å². The van der Waals surface area contributed by atoms with Gasteiger partial charge in [-0.25, -0.2) is 0 Å². The highest BCUT2D eigenvalue weighted by atomic mass is 35.5. The van der Waals surface area contributed by atoms with Gasteiger partial charge in [0.1, 0.15) is 5.02 Å². The van der Waals surface area contributed by atoms with E-state index in [0.717, 1.165) is 11.3 Å². The molecule has 0 amide bonds. The topological polar surface area (TPSA) is 55.2 Å². The van der Waals surface area contributed by atoms with E-state index < -0.39 is 4.92 Å². The van der Waals surface area contributed by atoms with Gasteiger partial charge in [-0.05, 0) is 46.7 Å². The number of anilines is 1. The molecule has 0 spiro atoms. The maximum atomic E-state index is 10.9. The zero-order chi connectivity index (χ0) is 14.8. The first-order valence-corrected chi connectivity index (χ1v) is 7.53. The van der Waals surface area contributed by atoms with E-state index in [2.05, 4.69) is 28.9 Å². The minimum absolute atomic E-state index is 0.0655. The fourth-order valence-corrected chi connectivity index (χ4v) is 3.05. The van der Waals surface area contributed by atoms with Gasteiger partial charge in [0.05, 0.1) is 4.92 Å². The van der Waals surface area contributed by atoms with Crippen molar-refractivity contribution in [1.29, 1.82) is 0 Å². The van der Waals surface area contributed by atoms with Crippen LogP contribution in [-0.4, -0.2) is 4.92 Å². The number of benzene rings is 2. The Kier molecular flexibility index (Phi) is 3.77. The predicted octanol–water partition coefficient (Wildman–Crippen LogP) is 5.08. The monoisotopic (exact) mass is 318 g/mol. The van der Waals surface area contributed by atoms with Crippen LogP contribution in [-0.2, 0) is 6.54 Å². The smallest absolute Gasteiger partial charge is 0.288 e. The highest BCUT2D eigenvalue weighted by Gasteiger charge is 2.12. The van der Waals surface area contributed by atoms with Crippen LogP contribution < -0.4 is 5.32 Å². The molecule has 0 aliphatic heterocycles. The van der Waals surface area contributed by atoms with Crippen LogP contribution in [0.5, 0.6) is 0 Å². The molecule has 21 heavy (non-hydrogen) atoms. The third kappa shape index (κ3) is 2.99. The Labute approximate surface area is 130 Å². The van der Waals surface area contributed by atoms with Crippen LogP contribution in [0.4, 0.5) is 11.4 Å². The SMILES string of the molecule is O=[N+]([O-])c1cc(CNc2ccc3sccc3c2)ccc1Cl. The molecule has 3 aromatic rings. The zero-order valence-electron chi connectivity index (χ0n) is 10.9. The van der Waals surface area contributed by atoms with E-state index in [4.69, 9.17) is 11.6 Å². The highest BCUT2D eigenvalue weighted by molar-refractivity contribution is 7.17. The van der Waals surface area contributed by atoms with Crippen molar-refractivity contribution in [2.45, 2.75) is 6.54 Å². The molecule has 1 heterocycles. The largest absolute Gasteiger partial charge is 0.381 e. The molecule has 6 heteroatoms. The lowest BCUT2D eigenvalue weighted by Gasteiger charge is -2.07. The van der Waals surface area contributed by atoms with Crippen molar-refractivity contribution in [2.75, 3.05) is 5.32 Å². The molecule has 0 fully saturated rings. The van der Waals surface area contributed by atoms with E-state index in [-0.39, 0.29) is 10.7 Å². The number of hydrogen-bond donors (Lipinski definition) is 1. The Morgan fingerprint density at radius 2 is 2.05 bits per heavy atom. The molecule has 0 saturated heterocycles. The number of nitrogens with one attached hydrogen (secondary N) is 1. The normalized spacial score (nSPS) is 10.7. The van der Waals surface area contributed by atoms with Gasteiger partial charge in [-0.2, -0.15) is 0 Å². The summed E-state index contributed by atoms with van der Waals surface area (Å²) in [6.07, 6.45) is 0. The van der Waals surface area contributed by atoms with Crippen LogP contribution in [0.1, 0.15) is 5.56 Å². The maximum absolute atomic E-state index is 10.9. The van der Waals surface area contributed by atoms with Gasteiger partial charge in [-0.1, -0.05) is 17.7 Å². The number of thiophene rings is 1. The molecule has 0 radical (unpaired) electrons. The maximum Gasteiger partial charge on any atom is 0.288 e. The Hall–Kier alpha value is -2.11. The van der Waals surface area contributed by atoms with Crippen LogP contribution >= 0.6 is 22.9 Å². The van der Waals surface area contributed by atoms with Gasteiger partial charge >= 0.3 is 0 Å². The summed E-state index contributed by atoms with van der Waals surface area (Å²) in [6, 6.07) is 13.0. The molecule has 4 nitrogen and oxygen atoms in total. The molecule has 0 atom stereocenters. The van der Waals surface area contributed by atoms with E-state index in [1.807, 2.05) is 6.07 Å².